The van der Waals surface area contributed by atoms with E-state index in [0.29, 0.717) is 31.7 Å². The van der Waals surface area contributed by atoms with Crippen LogP contribution in [0.1, 0.15) is 53.0 Å². The van der Waals surface area contributed by atoms with E-state index in [-0.39, 0.29) is 24.1 Å². The molecule has 0 bridgehead atoms. The van der Waals surface area contributed by atoms with Crippen molar-refractivity contribution in [1.82, 2.24) is 10.2 Å². The second-order valence-corrected chi connectivity index (χ2v) is 7.84. The number of hydrogen-bond donors (Lipinski definition) is 1. The van der Waals surface area contributed by atoms with E-state index in [2.05, 4.69) is 5.32 Å². The van der Waals surface area contributed by atoms with Gasteiger partial charge in [0.1, 0.15) is 0 Å². The van der Waals surface area contributed by atoms with E-state index >= 15 is 0 Å². The molecule has 7 heteroatoms. The molecule has 0 spiro atoms. The Labute approximate surface area is 175 Å². The van der Waals surface area contributed by atoms with Crippen LogP contribution in [0.2, 0.25) is 0 Å². The fourth-order valence-corrected chi connectivity index (χ4v) is 4.69. The van der Waals surface area contributed by atoms with Gasteiger partial charge in [0.2, 0.25) is 5.91 Å². The van der Waals surface area contributed by atoms with E-state index in [1.165, 1.54) is 0 Å². The molecule has 1 N–H and O–H groups in total. The Morgan fingerprint density at radius 1 is 1.17 bits per heavy atom. The summed E-state index contributed by atoms with van der Waals surface area (Å²) in [6, 6.07) is 11.0. The SMILES string of the molecule is CCOC(CCNC(=O)C1c2ccccc2C(=O)N(C)C1c1cccs1)OCC. The van der Waals surface area contributed by atoms with Crippen molar-refractivity contribution in [3.8, 4) is 0 Å². The van der Waals surface area contributed by atoms with Crippen LogP contribution in [0.4, 0.5) is 0 Å². The Kier molecular flexibility index (Phi) is 7.41. The Balaban J connectivity index is 1.82. The van der Waals surface area contributed by atoms with Crippen LogP contribution in [-0.4, -0.2) is 49.8 Å². The topological polar surface area (TPSA) is 67.9 Å². The Morgan fingerprint density at radius 2 is 1.90 bits per heavy atom. The van der Waals surface area contributed by atoms with Crippen LogP contribution in [0, 0.1) is 0 Å². The lowest BCUT2D eigenvalue weighted by Crippen LogP contribution is -2.45. The van der Waals surface area contributed by atoms with Crippen molar-refractivity contribution in [3.63, 3.8) is 0 Å². The van der Waals surface area contributed by atoms with E-state index < -0.39 is 5.92 Å². The molecule has 2 unspecified atom stereocenters. The lowest BCUT2D eigenvalue weighted by molar-refractivity contribution is -0.140. The third kappa shape index (κ3) is 4.69. The largest absolute Gasteiger partial charge is 0.355 e. The maximum absolute atomic E-state index is 13.3. The average molecular weight is 417 g/mol. The zero-order valence-electron chi connectivity index (χ0n) is 17.1. The number of rotatable bonds is 9. The number of carbonyl (C=O) groups excluding carboxylic acids is 2. The number of hydrogen-bond acceptors (Lipinski definition) is 5. The number of fused-ring (bicyclic) bond motifs is 1. The van der Waals surface area contributed by atoms with Crippen LogP contribution in [-0.2, 0) is 14.3 Å². The average Bonchev–Trinajstić information content (AvgIpc) is 3.25. The fourth-order valence-electron chi connectivity index (χ4n) is 3.78. The van der Waals surface area contributed by atoms with Gasteiger partial charge >= 0.3 is 0 Å². The van der Waals surface area contributed by atoms with E-state index in [1.807, 2.05) is 49.6 Å². The van der Waals surface area contributed by atoms with Crippen molar-refractivity contribution in [2.75, 3.05) is 26.8 Å². The smallest absolute Gasteiger partial charge is 0.254 e. The van der Waals surface area contributed by atoms with Gasteiger partial charge in [0, 0.05) is 43.7 Å². The maximum Gasteiger partial charge on any atom is 0.254 e. The highest BCUT2D eigenvalue weighted by molar-refractivity contribution is 7.10. The first kappa shape index (κ1) is 21.5. The third-order valence-corrected chi connectivity index (χ3v) is 6.02. The second kappa shape index (κ2) is 10.0. The summed E-state index contributed by atoms with van der Waals surface area (Å²) in [7, 11) is 1.77. The summed E-state index contributed by atoms with van der Waals surface area (Å²) in [6.07, 6.45) is 0.238. The predicted octanol–water partition coefficient (Wildman–Crippen LogP) is 3.56. The molecule has 0 saturated heterocycles. The summed E-state index contributed by atoms with van der Waals surface area (Å²) in [4.78, 5) is 28.9. The van der Waals surface area contributed by atoms with Crippen LogP contribution in [0.5, 0.6) is 0 Å². The summed E-state index contributed by atoms with van der Waals surface area (Å²) in [5.41, 5.74) is 1.36. The van der Waals surface area contributed by atoms with Gasteiger partial charge in [0.05, 0.1) is 12.0 Å². The van der Waals surface area contributed by atoms with Crippen LogP contribution >= 0.6 is 11.3 Å². The summed E-state index contributed by atoms with van der Waals surface area (Å²) < 4.78 is 11.1. The molecular weight excluding hydrogens is 388 g/mol. The number of amides is 2. The molecule has 6 nitrogen and oxygen atoms in total. The highest BCUT2D eigenvalue weighted by Crippen LogP contribution is 2.43. The lowest BCUT2D eigenvalue weighted by atomic mass is 9.81. The number of nitrogens with one attached hydrogen (secondary N) is 1. The molecule has 0 saturated carbocycles. The molecule has 2 atom stereocenters. The van der Waals surface area contributed by atoms with Gasteiger partial charge in [0.25, 0.3) is 5.91 Å². The zero-order valence-corrected chi connectivity index (χ0v) is 17.9. The van der Waals surface area contributed by atoms with Gasteiger partial charge in [-0.15, -0.1) is 11.3 Å². The fraction of sp³-hybridized carbons (Fsp3) is 0.455. The first-order valence-electron chi connectivity index (χ1n) is 9.98. The quantitative estimate of drug-likeness (QED) is 0.635. The number of ether oxygens (including phenoxy) is 2. The van der Waals surface area contributed by atoms with E-state index in [1.54, 1.807) is 29.4 Å². The van der Waals surface area contributed by atoms with Crippen molar-refractivity contribution in [2.24, 2.45) is 0 Å². The normalized spacial score (nSPS) is 18.8. The van der Waals surface area contributed by atoms with E-state index in [0.717, 1.165) is 10.4 Å². The molecule has 156 valence electrons. The minimum Gasteiger partial charge on any atom is -0.355 e. The first-order chi connectivity index (χ1) is 14.1. The van der Waals surface area contributed by atoms with Crippen molar-refractivity contribution in [3.05, 3.63) is 57.8 Å². The molecule has 2 heterocycles. The third-order valence-electron chi connectivity index (χ3n) is 5.08. The number of carbonyl (C=O) groups is 2. The Bertz CT molecular complexity index is 818. The van der Waals surface area contributed by atoms with Gasteiger partial charge in [-0.2, -0.15) is 0 Å². The molecule has 29 heavy (non-hydrogen) atoms. The summed E-state index contributed by atoms with van der Waals surface area (Å²) >= 11 is 1.56. The maximum atomic E-state index is 13.3. The molecule has 1 aliphatic rings. The van der Waals surface area contributed by atoms with Crippen molar-refractivity contribution in [2.45, 2.75) is 38.5 Å². The Hall–Kier alpha value is -2.22. The van der Waals surface area contributed by atoms with Gasteiger partial charge in [-0.25, -0.2) is 0 Å². The molecule has 3 rings (SSSR count). The lowest BCUT2D eigenvalue weighted by Gasteiger charge is -2.39. The molecule has 0 aliphatic carbocycles. The van der Waals surface area contributed by atoms with E-state index in [4.69, 9.17) is 9.47 Å². The highest BCUT2D eigenvalue weighted by Gasteiger charge is 2.42. The summed E-state index contributed by atoms with van der Waals surface area (Å²) in [6.45, 7) is 5.39. The van der Waals surface area contributed by atoms with Crippen LogP contribution in [0.15, 0.2) is 41.8 Å². The molecule has 2 aromatic rings. The molecule has 0 radical (unpaired) electrons. The number of nitrogens with zero attached hydrogens (tertiary/aromatic N) is 1. The minimum atomic E-state index is -0.467. The molecule has 0 fully saturated rings. The number of likely N-dealkylation sites (N-methyl/N-ethyl adjacent to an activating group) is 1. The van der Waals surface area contributed by atoms with Crippen LogP contribution < -0.4 is 5.32 Å². The number of benzene rings is 1. The molecule has 1 aromatic carbocycles. The second-order valence-electron chi connectivity index (χ2n) is 6.86. The predicted molar refractivity (Wildman–Crippen MR) is 113 cm³/mol. The van der Waals surface area contributed by atoms with Gasteiger partial charge in [-0.1, -0.05) is 24.3 Å². The Morgan fingerprint density at radius 3 is 2.55 bits per heavy atom. The monoisotopic (exact) mass is 416 g/mol. The van der Waals surface area contributed by atoms with Crippen molar-refractivity contribution < 1.29 is 19.1 Å². The van der Waals surface area contributed by atoms with Gasteiger partial charge in [0.15, 0.2) is 6.29 Å². The zero-order chi connectivity index (χ0) is 20.8. The molecule has 1 aromatic heterocycles. The minimum absolute atomic E-state index is 0.0594. The van der Waals surface area contributed by atoms with Gasteiger partial charge < -0.3 is 19.7 Å². The van der Waals surface area contributed by atoms with Crippen molar-refractivity contribution in [1.29, 1.82) is 0 Å². The number of thiophene rings is 1. The first-order valence-corrected chi connectivity index (χ1v) is 10.9. The van der Waals surface area contributed by atoms with Crippen molar-refractivity contribution >= 4 is 23.2 Å². The molecule has 1 aliphatic heterocycles. The van der Waals surface area contributed by atoms with E-state index in [9.17, 15) is 9.59 Å². The van der Waals surface area contributed by atoms with Gasteiger partial charge in [-0.3, -0.25) is 9.59 Å². The highest BCUT2D eigenvalue weighted by atomic mass is 32.1. The van der Waals surface area contributed by atoms with Crippen LogP contribution in [0.25, 0.3) is 0 Å². The molecular formula is C22H28N2O4S. The summed E-state index contributed by atoms with van der Waals surface area (Å²) in [5, 5.41) is 5.01. The van der Waals surface area contributed by atoms with Gasteiger partial charge in [-0.05, 0) is 36.9 Å². The molecule has 2 amide bonds. The van der Waals surface area contributed by atoms with Crippen LogP contribution in [0.3, 0.4) is 0 Å². The summed E-state index contributed by atoms with van der Waals surface area (Å²) in [5.74, 6) is -0.622. The standard InChI is InChI=1S/C22H28N2O4S/c1-4-27-18(28-5-2)12-13-23-21(25)19-15-9-6-7-10-16(15)22(26)24(3)20(19)17-11-8-14-29-17/h6-11,14,18-20H,4-5,12-13H2,1-3H3,(H,23,25).